The van der Waals surface area contributed by atoms with Crippen LogP contribution in [-0.2, 0) is 14.8 Å². The van der Waals surface area contributed by atoms with Crippen molar-refractivity contribution in [2.45, 2.75) is 50.5 Å². The van der Waals surface area contributed by atoms with Gasteiger partial charge in [-0.1, -0.05) is 25.8 Å². The van der Waals surface area contributed by atoms with Gasteiger partial charge in [-0.05, 0) is 49.5 Å². The highest BCUT2D eigenvalue weighted by atomic mass is 32.2. The SMILES string of the molecule is CCN(C(=O)/C=C/c1ccc(OC)c(S(=O)(=O)N(C)C)c1)C1CCCCC1C. The van der Waals surface area contributed by atoms with Gasteiger partial charge in [-0.2, -0.15) is 0 Å². The summed E-state index contributed by atoms with van der Waals surface area (Å²) in [5.74, 6) is 0.751. The fourth-order valence-corrected chi connectivity index (χ4v) is 4.86. The number of ether oxygens (including phenoxy) is 1. The van der Waals surface area contributed by atoms with E-state index in [9.17, 15) is 13.2 Å². The summed E-state index contributed by atoms with van der Waals surface area (Å²) in [6.45, 7) is 4.88. The first-order chi connectivity index (χ1) is 13.2. The number of rotatable bonds is 7. The molecule has 0 radical (unpaired) electrons. The predicted molar refractivity (Wildman–Crippen MR) is 112 cm³/mol. The second-order valence-corrected chi connectivity index (χ2v) is 9.60. The molecule has 1 saturated carbocycles. The Balaban J connectivity index is 2.26. The van der Waals surface area contributed by atoms with Gasteiger partial charge in [-0.3, -0.25) is 4.79 Å². The molecule has 0 saturated heterocycles. The Labute approximate surface area is 169 Å². The molecule has 1 aliphatic carbocycles. The summed E-state index contributed by atoms with van der Waals surface area (Å²) >= 11 is 0. The minimum Gasteiger partial charge on any atom is -0.495 e. The minimum absolute atomic E-state index is 0.0333. The molecule has 0 heterocycles. The van der Waals surface area contributed by atoms with Crippen LogP contribution in [0.5, 0.6) is 5.75 Å². The lowest BCUT2D eigenvalue weighted by Gasteiger charge is -2.37. The molecule has 1 amide bonds. The molecule has 2 atom stereocenters. The maximum atomic E-state index is 12.8. The number of sulfonamides is 1. The summed E-state index contributed by atoms with van der Waals surface area (Å²) in [4.78, 5) is 14.8. The van der Waals surface area contributed by atoms with Gasteiger partial charge in [-0.15, -0.1) is 0 Å². The van der Waals surface area contributed by atoms with Gasteiger partial charge >= 0.3 is 0 Å². The molecule has 2 unspecified atom stereocenters. The number of benzene rings is 1. The first-order valence-corrected chi connectivity index (χ1v) is 11.3. The largest absolute Gasteiger partial charge is 0.495 e. The third kappa shape index (κ3) is 4.94. The number of hydrogen-bond donors (Lipinski definition) is 0. The van der Waals surface area contributed by atoms with E-state index < -0.39 is 10.0 Å². The van der Waals surface area contributed by atoms with Crippen LogP contribution in [0.2, 0.25) is 0 Å². The summed E-state index contributed by atoms with van der Waals surface area (Å²) in [7, 11) is 0.746. The Morgan fingerprint density at radius 3 is 2.50 bits per heavy atom. The lowest BCUT2D eigenvalue weighted by molar-refractivity contribution is -0.129. The molecule has 6 nitrogen and oxygen atoms in total. The molecule has 0 bridgehead atoms. The lowest BCUT2D eigenvalue weighted by atomic mass is 9.85. The Hall–Kier alpha value is -1.86. The van der Waals surface area contributed by atoms with E-state index in [1.807, 2.05) is 11.8 Å². The van der Waals surface area contributed by atoms with Crippen molar-refractivity contribution in [1.82, 2.24) is 9.21 Å². The van der Waals surface area contributed by atoms with Crippen molar-refractivity contribution in [3.63, 3.8) is 0 Å². The monoisotopic (exact) mass is 408 g/mol. The molecular weight excluding hydrogens is 376 g/mol. The highest BCUT2D eigenvalue weighted by molar-refractivity contribution is 7.89. The number of carbonyl (C=O) groups is 1. The van der Waals surface area contributed by atoms with Crippen molar-refractivity contribution in [3.05, 3.63) is 29.8 Å². The molecule has 1 fully saturated rings. The molecule has 28 heavy (non-hydrogen) atoms. The molecule has 1 aromatic carbocycles. The third-order valence-electron chi connectivity index (χ3n) is 5.45. The van der Waals surface area contributed by atoms with E-state index in [1.165, 1.54) is 33.7 Å². The van der Waals surface area contributed by atoms with Crippen LogP contribution in [0.25, 0.3) is 6.08 Å². The summed E-state index contributed by atoms with van der Waals surface area (Å²) < 4.78 is 31.4. The van der Waals surface area contributed by atoms with E-state index in [0.29, 0.717) is 18.0 Å². The molecule has 1 aliphatic rings. The summed E-state index contributed by atoms with van der Waals surface area (Å²) in [6.07, 6.45) is 7.80. The number of carbonyl (C=O) groups excluding carboxylic acids is 1. The smallest absolute Gasteiger partial charge is 0.246 e. The quantitative estimate of drug-likeness (QED) is 0.649. The molecule has 0 N–H and O–H groups in total. The minimum atomic E-state index is -3.65. The number of amides is 1. The molecular formula is C21H32N2O4S. The van der Waals surface area contributed by atoms with E-state index in [4.69, 9.17) is 4.74 Å². The van der Waals surface area contributed by atoms with Crippen LogP contribution in [-0.4, -0.2) is 57.3 Å². The van der Waals surface area contributed by atoms with Crippen LogP contribution in [0.1, 0.15) is 45.1 Å². The number of nitrogens with zero attached hydrogens (tertiary/aromatic N) is 2. The number of likely N-dealkylation sites (N-methyl/N-ethyl adjacent to an activating group) is 1. The predicted octanol–water partition coefficient (Wildman–Crippen LogP) is 3.39. The molecule has 1 aromatic rings. The van der Waals surface area contributed by atoms with Gasteiger partial charge in [0.05, 0.1) is 7.11 Å². The fraction of sp³-hybridized carbons (Fsp3) is 0.571. The van der Waals surface area contributed by atoms with E-state index >= 15 is 0 Å². The highest BCUT2D eigenvalue weighted by Crippen LogP contribution is 2.29. The molecule has 2 rings (SSSR count). The van der Waals surface area contributed by atoms with Crippen LogP contribution < -0.4 is 4.74 Å². The van der Waals surface area contributed by atoms with E-state index in [0.717, 1.165) is 23.6 Å². The zero-order valence-corrected chi connectivity index (χ0v) is 18.3. The van der Waals surface area contributed by atoms with Gasteiger partial charge in [-0.25, -0.2) is 12.7 Å². The zero-order chi connectivity index (χ0) is 20.9. The van der Waals surface area contributed by atoms with Crippen molar-refractivity contribution in [2.75, 3.05) is 27.7 Å². The van der Waals surface area contributed by atoms with Crippen molar-refractivity contribution in [1.29, 1.82) is 0 Å². The van der Waals surface area contributed by atoms with Crippen LogP contribution in [0.4, 0.5) is 0 Å². The van der Waals surface area contributed by atoms with Gasteiger partial charge in [0, 0.05) is 32.8 Å². The van der Waals surface area contributed by atoms with Crippen molar-refractivity contribution < 1.29 is 17.9 Å². The second kappa shape index (κ2) is 9.56. The van der Waals surface area contributed by atoms with Crippen LogP contribution in [0.3, 0.4) is 0 Å². The molecule has 0 spiro atoms. The van der Waals surface area contributed by atoms with Crippen molar-refractivity contribution >= 4 is 22.0 Å². The molecule has 0 aliphatic heterocycles. The van der Waals surface area contributed by atoms with Gasteiger partial charge in [0.25, 0.3) is 0 Å². The maximum absolute atomic E-state index is 12.8. The summed E-state index contributed by atoms with van der Waals surface area (Å²) in [5.41, 5.74) is 0.641. The Morgan fingerprint density at radius 1 is 1.25 bits per heavy atom. The molecule has 7 heteroatoms. The van der Waals surface area contributed by atoms with E-state index in [-0.39, 0.29) is 22.6 Å². The standard InChI is InChI=1S/C21H32N2O4S/c1-6-23(18-10-8-7-9-16(18)2)21(24)14-12-17-11-13-19(27-5)20(15-17)28(25,26)22(3)4/h11-16,18H,6-10H2,1-5H3/b14-12+. The first-order valence-electron chi connectivity index (χ1n) is 9.81. The van der Waals surface area contributed by atoms with Crippen LogP contribution in [0, 0.1) is 5.92 Å². The molecule has 0 aromatic heterocycles. The fourth-order valence-electron chi connectivity index (χ4n) is 3.77. The van der Waals surface area contributed by atoms with Crippen molar-refractivity contribution in [3.8, 4) is 5.75 Å². The number of methoxy groups -OCH3 is 1. The van der Waals surface area contributed by atoms with Gasteiger partial charge in [0.15, 0.2) is 0 Å². The van der Waals surface area contributed by atoms with Gasteiger partial charge < -0.3 is 9.64 Å². The zero-order valence-electron chi connectivity index (χ0n) is 17.5. The number of hydrogen-bond acceptors (Lipinski definition) is 4. The van der Waals surface area contributed by atoms with E-state index in [1.54, 1.807) is 24.3 Å². The molecule has 156 valence electrons. The van der Waals surface area contributed by atoms with Crippen LogP contribution >= 0.6 is 0 Å². The van der Waals surface area contributed by atoms with E-state index in [2.05, 4.69) is 6.92 Å². The average Bonchev–Trinajstić information content (AvgIpc) is 2.68. The Morgan fingerprint density at radius 2 is 1.93 bits per heavy atom. The Kier molecular flexibility index (Phi) is 7.66. The normalized spacial score (nSPS) is 20.5. The maximum Gasteiger partial charge on any atom is 0.246 e. The second-order valence-electron chi connectivity index (χ2n) is 7.48. The third-order valence-corrected chi connectivity index (χ3v) is 7.29. The first kappa shape index (κ1) is 22.4. The van der Waals surface area contributed by atoms with Crippen LogP contribution in [0.15, 0.2) is 29.2 Å². The average molecular weight is 409 g/mol. The van der Waals surface area contributed by atoms with Gasteiger partial charge in [0.2, 0.25) is 15.9 Å². The van der Waals surface area contributed by atoms with Gasteiger partial charge in [0.1, 0.15) is 10.6 Å². The summed E-state index contributed by atoms with van der Waals surface area (Å²) in [5, 5.41) is 0. The Bertz CT molecular complexity index is 818. The topological polar surface area (TPSA) is 66.9 Å². The summed E-state index contributed by atoms with van der Waals surface area (Å²) in [6, 6.07) is 5.17. The van der Waals surface area contributed by atoms with Crippen molar-refractivity contribution in [2.24, 2.45) is 5.92 Å². The lowest BCUT2D eigenvalue weighted by Crippen LogP contribution is -2.44. The highest BCUT2D eigenvalue weighted by Gasteiger charge is 2.28.